The van der Waals surface area contributed by atoms with E-state index in [1.807, 2.05) is 24.3 Å². The van der Waals surface area contributed by atoms with E-state index in [9.17, 15) is 0 Å². The fourth-order valence-corrected chi connectivity index (χ4v) is 1.37. The van der Waals surface area contributed by atoms with Crippen molar-refractivity contribution in [3.05, 3.63) is 36.0 Å². The third-order valence-corrected chi connectivity index (χ3v) is 2.14. The molecule has 2 aromatic rings. The van der Waals surface area contributed by atoms with Crippen molar-refractivity contribution in [3.63, 3.8) is 0 Å². The Morgan fingerprint density at radius 3 is 2.93 bits per heavy atom. The van der Waals surface area contributed by atoms with Crippen LogP contribution in [-0.2, 0) is 6.61 Å². The molecule has 0 amide bonds. The third-order valence-electron chi connectivity index (χ3n) is 2.14. The van der Waals surface area contributed by atoms with Gasteiger partial charge < -0.3 is 9.84 Å². The quantitative estimate of drug-likeness (QED) is 0.782. The maximum atomic E-state index is 8.97. The van der Waals surface area contributed by atoms with Gasteiger partial charge in [-0.05, 0) is 23.8 Å². The third kappa shape index (κ3) is 1.54. The van der Waals surface area contributed by atoms with Gasteiger partial charge in [-0.2, -0.15) is 0 Å². The number of aliphatic hydroxyl groups excluding tert-OH is 1. The van der Waals surface area contributed by atoms with Gasteiger partial charge >= 0.3 is 0 Å². The monoisotopic (exact) mass is 189 g/mol. The summed E-state index contributed by atoms with van der Waals surface area (Å²) in [5.74, 6) is 0.729. The first-order chi connectivity index (χ1) is 6.83. The minimum absolute atomic E-state index is 0.0488. The summed E-state index contributed by atoms with van der Waals surface area (Å²) in [6.45, 7) is 0.0488. The Labute approximate surface area is 82.0 Å². The predicted octanol–water partition coefficient (Wildman–Crippen LogP) is 1.74. The summed E-state index contributed by atoms with van der Waals surface area (Å²) in [5, 5.41) is 9.95. The molecule has 0 radical (unpaired) electrons. The van der Waals surface area contributed by atoms with Crippen LogP contribution in [-0.4, -0.2) is 17.2 Å². The second kappa shape index (κ2) is 3.64. The predicted molar refractivity (Wildman–Crippen MR) is 54.2 cm³/mol. The van der Waals surface area contributed by atoms with E-state index >= 15 is 0 Å². The van der Waals surface area contributed by atoms with E-state index < -0.39 is 0 Å². The normalized spacial score (nSPS) is 10.4. The van der Waals surface area contributed by atoms with Crippen LogP contribution in [0, 0.1) is 0 Å². The number of ether oxygens (including phenoxy) is 1. The maximum Gasteiger partial charge on any atom is 0.137 e. The lowest BCUT2D eigenvalue weighted by molar-refractivity contribution is 0.282. The van der Waals surface area contributed by atoms with Crippen molar-refractivity contribution in [1.82, 2.24) is 4.98 Å². The Morgan fingerprint density at radius 1 is 1.36 bits per heavy atom. The van der Waals surface area contributed by atoms with Crippen LogP contribution < -0.4 is 4.74 Å². The van der Waals surface area contributed by atoms with Crippen LogP contribution in [0.4, 0.5) is 0 Å². The van der Waals surface area contributed by atoms with E-state index in [2.05, 4.69) is 4.98 Å². The average molecular weight is 189 g/mol. The van der Waals surface area contributed by atoms with Gasteiger partial charge in [-0.15, -0.1) is 0 Å². The SMILES string of the molecule is COc1cnc2ccc(CO)cc2c1. The first-order valence-corrected chi connectivity index (χ1v) is 4.37. The van der Waals surface area contributed by atoms with Crippen molar-refractivity contribution >= 4 is 10.9 Å². The topological polar surface area (TPSA) is 42.4 Å². The summed E-state index contributed by atoms with van der Waals surface area (Å²) in [5.41, 5.74) is 1.79. The highest BCUT2D eigenvalue weighted by atomic mass is 16.5. The van der Waals surface area contributed by atoms with Gasteiger partial charge in [-0.1, -0.05) is 6.07 Å². The highest BCUT2D eigenvalue weighted by molar-refractivity contribution is 5.80. The molecule has 72 valence electrons. The van der Waals surface area contributed by atoms with Crippen molar-refractivity contribution < 1.29 is 9.84 Å². The zero-order chi connectivity index (χ0) is 9.97. The van der Waals surface area contributed by atoms with Crippen LogP contribution in [0.1, 0.15) is 5.56 Å². The number of rotatable bonds is 2. The van der Waals surface area contributed by atoms with Gasteiger partial charge in [-0.3, -0.25) is 4.98 Å². The summed E-state index contributed by atoms with van der Waals surface area (Å²) in [4.78, 5) is 4.22. The molecular formula is C11H11NO2. The molecule has 3 heteroatoms. The van der Waals surface area contributed by atoms with Gasteiger partial charge in [0.05, 0.1) is 25.4 Å². The Kier molecular flexibility index (Phi) is 2.33. The molecule has 0 aliphatic carbocycles. The Hall–Kier alpha value is -1.61. The van der Waals surface area contributed by atoms with E-state index in [-0.39, 0.29) is 6.61 Å². The average Bonchev–Trinajstić information content (AvgIpc) is 2.27. The molecule has 1 heterocycles. The highest BCUT2D eigenvalue weighted by Crippen LogP contribution is 2.19. The molecule has 0 atom stereocenters. The van der Waals surface area contributed by atoms with Gasteiger partial charge in [0.2, 0.25) is 0 Å². The standard InChI is InChI=1S/C11H11NO2/c1-14-10-5-9-4-8(7-13)2-3-11(9)12-6-10/h2-6,13H,7H2,1H3. The number of pyridine rings is 1. The number of methoxy groups -OCH3 is 1. The lowest BCUT2D eigenvalue weighted by atomic mass is 10.1. The van der Waals surface area contributed by atoms with Crippen LogP contribution in [0.3, 0.4) is 0 Å². The molecular weight excluding hydrogens is 178 g/mol. The van der Waals surface area contributed by atoms with E-state index in [0.717, 1.165) is 22.2 Å². The van der Waals surface area contributed by atoms with Crippen molar-refractivity contribution in [1.29, 1.82) is 0 Å². The Balaban J connectivity index is 2.60. The summed E-state index contributed by atoms with van der Waals surface area (Å²) in [6.07, 6.45) is 1.68. The minimum atomic E-state index is 0.0488. The van der Waals surface area contributed by atoms with Gasteiger partial charge in [0.15, 0.2) is 0 Å². The highest BCUT2D eigenvalue weighted by Gasteiger charge is 1.98. The van der Waals surface area contributed by atoms with Crippen LogP contribution >= 0.6 is 0 Å². The molecule has 1 N–H and O–H groups in total. The number of hydrogen-bond donors (Lipinski definition) is 1. The van der Waals surface area contributed by atoms with Gasteiger partial charge in [0, 0.05) is 5.39 Å². The van der Waals surface area contributed by atoms with Crippen LogP contribution in [0.15, 0.2) is 30.5 Å². The molecule has 0 spiro atoms. The molecule has 0 saturated heterocycles. The van der Waals surface area contributed by atoms with Gasteiger partial charge in [0.25, 0.3) is 0 Å². The minimum Gasteiger partial charge on any atom is -0.495 e. The van der Waals surface area contributed by atoms with Crippen LogP contribution in [0.2, 0.25) is 0 Å². The molecule has 0 fully saturated rings. The lowest BCUT2D eigenvalue weighted by Gasteiger charge is -2.02. The molecule has 1 aromatic carbocycles. The number of benzene rings is 1. The molecule has 0 bridgehead atoms. The fraction of sp³-hybridized carbons (Fsp3) is 0.182. The zero-order valence-electron chi connectivity index (χ0n) is 7.90. The summed E-state index contributed by atoms with van der Waals surface area (Å²) < 4.78 is 5.07. The van der Waals surface area contributed by atoms with E-state index in [0.29, 0.717) is 0 Å². The number of aliphatic hydroxyl groups is 1. The van der Waals surface area contributed by atoms with Gasteiger partial charge in [-0.25, -0.2) is 0 Å². The lowest BCUT2D eigenvalue weighted by Crippen LogP contribution is -1.87. The van der Waals surface area contributed by atoms with Crippen LogP contribution in [0.5, 0.6) is 5.75 Å². The first-order valence-electron chi connectivity index (χ1n) is 4.37. The molecule has 0 aliphatic heterocycles. The van der Waals surface area contributed by atoms with E-state index in [1.54, 1.807) is 13.3 Å². The van der Waals surface area contributed by atoms with Crippen LogP contribution in [0.25, 0.3) is 10.9 Å². The Morgan fingerprint density at radius 2 is 2.21 bits per heavy atom. The number of fused-ring (bicyclic) bond motifs is 1. The number of hydrogen-bond acceptors (Lipinski definition) is 3. The zero-order valence-corrected chi connectivity index (χ0v) is 7.90. The first kappa shape index (κ1) is 8.97. The van der Waals surface area contributed by atoms with Gasteiger partial charge in [0.1, 0.15) is 5.75 Å². The smallest absolute Gasteiger partial charge is 0.137 e. The Bertz CT molecular complexity index is 415. The largest absolute Gasteiger partial charge is 0.495 e. The molecule has 0 saturated carbocycles. The van der Waals surface area contributed by atoms with E-state index in [4.69, 9.17) is 9.84 Å². The molecule has 1 aromatic heterocycles. The summed E-state index contributed by atoms with van der Waals surface area (Å²) >= 11 is 0. The molecule has 0 aliphatic rings. The van der Waals surface area contributed by atoms with Crippen molar-refractivity contribution in [3.8, 4) is 5.75 Å². The molecule has 0 unspecified atom stereocenters. The maximum absolute atomic E-state index is 8.97. The fourth-order valence-electron chi connectivity index (χ4n) is 1.37. The molecule has 3 nitrogen and oxygen atoms in total. The summed E-state index contributed by atoms with van der Waals surface area (Å²) in [7, 11) is 1.61. The van der Waals surface area contributed by atoms with Crippen molar-refractivity contribution in [2.75, 3.05) is 7.11 Å². The number of aromatic nitrogens is 1. The van der Waals surface area contributed by atoms with Crippen molar-refractivity contribution in [2.24, 2.45) is 0 Å². The second-order valence-electron chi connectivity index (χ2n) is 3.06. The van der Waals surface area contributed by atoms with E-state index in [1.165, 1.54) is 0 Å². The second-order valence-corrected chi connectivity index (χ2v) is 3.06. The van der Waals surface area contributed by atoms with Crippen molar-refractivity contribution in [2.45, 2.75) is 6.61 Å². The molecule has 2 rings (SSSR count). The molecule has 14 heavy (non-hydrogen) atoms. The number of nitrogens with zero attached hydrogens (tertiary/aromatic N) is 1. The summed E-state index contributed by atoms with van der Waals surface area (Å²) in [6, 6.07) is 7.56.